The number of esters is 1. The molecule has 182 valence electrons. The first-order valence-electron chi connectivity index (χ1n) is 10.7. The molecule has 0 atom stereocenters. The Kier molecular flexibility index (Phi) is 7.02. The quantitative estimate of drug-likeness (QED) is 0.450. The van der Waals surface area contributed by atoms with Gasteiger partial charge in [-0.25, -0.2) is 27.3 Å². The van der Waals surface area contributed by atoms with Crippen molar-refractivity contribution in [3.63, 3.8) is 0 Å². The van der Waals surface area contributed by atoms with Gasteiger partial charge >= 0.3 is 11.7 Å². The van der Waals surface area contributed by atoms with Crippen LogP contribution in [0.3, 0.4) is 0 Å². The fourth-order valence-electron chi connectivity index (χ4n) is 3.54. The number of sulfone groups is 1. The lowest BCUT2D eigenvalue weighted by Gasteiger charge is -2.26. The van der Waals surface area contributed by atoms with Gasteiger partial charge in [0.05, 0.1) is 23.7 Å². The number of nitrogens with zero attached hydrogens (tertiary/aromatic N) is 3. The summed E-state index contributed by atoms with van der Waals surface area (Å²) in [5, 5.41) is 4.20. The number of aryl methyl sites for hydroxylation is 2. The molecule has 3 aromatic rings. The Morgan fingerprint density at radius 2 is 1.68 bits per heavy atom. The minimum Gasteiger partial charge on any atom is -0.476 e. The number of hydrogen-bond acceptors (Lipinski definition) is 7. The zero-order valence-corrected chi connectivity index (χ0v) is 21.0. The Labute approximate surface area is 198 Å². The molecule has 0 amide bonds. The van der Waals surface area contributed by atoms with Crippen molar-refractivity contribution in [3.05, 3.63) is 69.9 Å². The molecule has 0 saturated carbocycles. The van der Waals surface area contributed by atoms with Gasteiger partial charge in [0.25, 0.3) is 0 Å². The Morgan fingerprint density at radius 1 is 1.09 bits per heavy atom. The van der Waals surface area contributed by atoms with Gasteiger partial charge in [-0.05, 0) is 75.6 Å². The lowest BCUT2D eigenvalue weighted by atomic mass is 10.0. The molecule has 0 spiro atoms. The highest BCUT2D eigenvalue weighted by atomic mass is 32.2. The van der Waals surface area contributed by atoms with E-state index in [9.17, 15) is 18.0 Å². The van der Waals surface area contributed by atoms with E-state index in [-0.39, 0.29) is 23.7 Å². The first kappa shape index (κ1) is 25.2. The predicted molar refractivity (Wildman–Crippen MR) is 127 cm³/mol. The standard InChI is InChI=1S/C24H29N3O6S/c1-7-32-22(28)24(4,5)33-21-16(2)12-18(13-17(21)3)14-27-23(29)26(15-25-27)19-8-10-20(11-9-19)34(6,30)31/h8-13,15H,7,14H2,1-6H3. The average molecular weight is 488 g/mol. The molecule has 9 nitrogen and oxygen atoms in total. The summed E-state index contributed by atoms with van der Waals surface area (Å²) >= 11 is 0. The van der Waals surface area contributed by atoms with Gasteiger partial charge < -0.3 is 9.47 Å². The highest BCUT2D eigenvalue weighted by Gasteiger charge is 2.32. The van der Waals surface area contributed by atoms with Crippen LogP contribution in [0.5, 0.6) is 5.75 Å². The van der Waals surface area contributed by atoms with Crippen LogP contribution in [0, 0.1) is 13.8 Å². The number of aromatic nitrogens is 3. The third-order valence-corrected chi connectivity index (χ3v) is 6.38. The number of benzene rings is 2. The molecule has 0 bridgehead atoms. The average Bonchev–Trinajstić information content (AvgIpc) is 3.10. The van der Waals surface area contributed by atoms with Crippen molar-refractivity contribution in [2.24, 2.45) is 0 Å². The molecule has 1 heterocycles. The summed E-state index contributed by atoms with van der Waals surface area (Å²) in [5.41, 5.74) is 1.49. The van der Waals surface area contributed by atoms with Crippen molar-refractivity contribution < 1.29 is 22.7 Å². The van der Waals surface area contributed by atoms with Gasteiger partial charge in [-0.1, -0.05) is 12.1 Å². The van der Waals surface area contributed by atoms with Crippen LogP contribution >= 0.6 is 0 Å². The fraction of sp³-hybridized carbons (Fsp3) is 0.375. The smallest absolute Gasteiger partial charge is 0.350 e. The predicted octanol–water partition coefficient (Wildman–Crippen LogP) is 2.82. The molecule has 10 heteroatoms. The normalized spacial score (nSPS) is 11.9. The topological polar surface area (TPSA) is 109 Å². The summed E-state index contributed by atoms with van der Waals surface area (Å²) in [6.45, 7) is 9.31. The van der Waals surface area contributed by atoms with Gasteiger partial charge in [-0.2, -0.15) is 5.10 Å². The van der Waals surface area contributed by atoms with Gasteiger partial charge in [0, 0.05) is 6.26 Å². The molecule has 34 heavy (non-hydrogen) atoms. The van der Waals surface area contributed by atoms with E-state index in [4.69, 9.17) is 9.47 Å². The summed E-state index contributed by atoms with van der Waals surface area (Å²) < 4.78 is 37.1. The summed E-state index contributed by atoms with van der Waals surface area (Å²) in [7, 11) is -3.32. The summed E-state index contributed by atoms with van der Waals surface area (Å²) in [6.07, 6.45) is 2.53. The molecule has 0 aliphatic rings. The van der Waals surface area contributed by atoms with Crippen LogP contribution < -0.4 is 10.4 Å². The van der Waals surface area contributed by atoms with Crippen molar-refractivity contribution in [1.82, 2.24) is 14.3 Å². The van der Waals surface area contributed by atoms with E-state index in [0.717, 1.165) is 22.9 Å². The molecule has 0 N–H and O–H groups in total. The summed E-state index contributed by atoms with van der Waals surface area (Å²) in [4.78, 5) is 25.3. The number of carbonyl (C=O) groups is 1. The first-order valence-corrected chi connectivity index (χ1v) is 12.6. The zero-order valence-electron chi connectivity index (χ0n) is 20.2. The van der Waals surface area contributed by atoms with Crippen LogP contribution in [0.25, 0.3) is 5.69 Å². The van der Waals surface area contributed by atoms with E-state index in [0.29, 0.717) is 11.4 Å². The molecule has 2 aromatic carbocycles. The second kappa shape index (κ2) is 9.46. The number of hydrogen-bond donors (Lipinski definition) is 0. The monoisotopic (exact) mass is 487 g/mol. The summed E-state index contributed by atoms with van der Waals surface area (Å²) in [6, 6.07) is 9.81. The fourth-order valence-corrected chi connectivity index (χ4v) is 4.17. The number of rotatable bonds is 8. The largest absolute Gasteiger partial charge is 0.476 e. The molecular weight excluding hydrogens is 458 g/mol. The van der Waals surface area contributed by atoms with Crippen molar-refractivity contribution in [2.45, 2.75) is 51.7 Å². The zero-order chi connectivity index (χ0) is 25.3. The van der Waals surface area contributed by atoms with E-state index in [1.54, 1.807) is 32.9 Å². The first-order chi connectivity index (χ1) is 15.8. The number of ether oxygens (including phenoxy) is 2. The van der Waals surface area contributed by atoms with Crippen molar-refractivity contribution >= 4 is 15.8 Å². The van der Waals surface area contributed by atoms with Gasteiger partial charge in [-0.15, -0.1) is 0 Å². The molecule has 0 unspecified atom stereocenters. The maximum atomic E-state index is 12.9. The Morgan fingerprint density at radius 3 is 2.21 bits per heavy atom. The lowest BCUT2D eigenvalue weighted by Crippen LogP contribution is -2.40. The van der Waals surface area contributed by atoms with E-state index in [1.165, 1.54) is 27.7 Å². The number of carbonyl (C=O) groups excluding carboxylic acids is 1. The van der Waals surface area contributed by atoms with E-state index in [2.05, 4.69) is 5.10 Å². The van der Waals surface area contributed by atoms with E-state index < -0.39 is 21.4 Å². The Balaban J connectivity index is 1.84. The van der Waals surface area contributed by atoms with Gasteiger partial charge in [0.2, 0.25) is 0 Å². The molecule has 3 rings (SSSR count). The van der Waals surface area contributed by atoms with E-state index in [1.807, 2.05) is 26.0 Å². The Hall–Kier alpha value is -3.40. The third-order valence-electron chi connectivity index (χ3n) is 5.25. The van der Waals surface area contributed by atoms with E-state index >= 15 is 0 Å². The maximum Gasteiger partial charge on any atom is 0.350 e. The third kappa shape index (κ3) is 5.39. The highest BCUT2D eigenvalue weighted by Crippen LogP contribution is 2.29. The molecular formula is C24H29N3O6S. The molecule has 0 saturated heterocycles. The molecule has 1 aromatic heterocycles. The second-order valence-electron chi connectivity index (χ2n) is 8.60. The van der Waals surface area contributed by atoms with Crippen LogP contribution in [0.15, 0.2) is 52.4 Å². The van der Waals surface area contributed by atoms with Crippen molar-refractivity contribution in [3.8, 4) is 11.4 Å². The maximum absolute atomic E-state index is 12.9. The second-order valence-corrected chi connectivity index (χ2v) is 10.6. The van der Waals surface area contributed by atoms with Crippen LogP contribution in [0.1, 0.15) is 37.5 Å². The van der Waals surface area contributed by atoms with Gasteiger partial charge in [0.1, 0.15) is 12.1 Å². The van der Waals surface area contributed by atoms with Crippen LogP contribution in [0.2, 0.25) is 0 Å². The minimum atomic E-state index is -3.32. The van der Waals surface area contributed by atoms with Crippen LogP contribution in [0.4, 0.5) is 0 Å². The van der Waals surface area contributed by atoms with Crippen molar-refractivity contribution in [2.75, 3.05) is 12.9 Å². The minimum absolute atomic E-state index is 0.177. The molecule has 0 radical (unpaired) electrons. The lowest BCUT2D eigenvalue weighted by molar-refractivity contribution is -0.158. The summed E-state index contributed by atoms with van der Waals surface area (Å²) in [5.74, 6) is 0.144. The molecule has 0 fully saturated rings. The highest BCUT2D eigenvalue weighted by molar-refractivity contribution is 7.90. The van der Waals surface area contributed by atoms with Crippen LogP contribution in [-0.2, 0) is 25.9 Å². The van der Waals surface area contributed by atoms with Gasteiger partial charge in [-0.3, -0.25) is 0 Å². The molecule has 0 aliphatic carbocycles. The van der Waals surface area contributed by atoms with Crippen molar-refractivity contribution in [1.29, 1.82) is 0 Å². The van der Waals surface area contributed by atoms with Crippen LogP contribution in [-0.4, -0.2) is 47.2 Å². The SMILES string of the molecule is CCOC(=O)C(C)(C)Oc1c(C)cc(Cn2ncn(-c3ccc(S(C)(=O)=O)cc3)c2=O)cc1C. The Bertz CT molecular complexity index is 1350. The molecule has 0 aliphatic heterocycles. The van der Waals surface area contributed by atoms with Gasteiger partial charge in [0.15, 0.2) is 15.4 Å².